The Morgan fingerprint density at radius 3 is 1.44 bits per heavy atom. The number of aromatic amines is 2. The summed E-state index contributed by atoms with van der Waals surface area (Å²) in [5.74, 6) is 1.25. The Morgan fingerprint density at radius 2 is 1.03 bits per heavy atom. The minimum atomic E-state index is -1.53. The number of nitrogens with zero attached hydrogens (tertiary/aromatic N) is 2. The van der Waals surface area contributed by atoms with Gasteiger partial charge in [-0.05, 0) is 36.4 Å². The number of nitrogens with one attached hydrogen (secondary N) is 2. The van der Waals surface area contributed by atoms with Gasteiger partial charge in [0.2, 0.25) is 0 Å². The summed E-state index contributed by atoms with van der Waals surface area (Å²) < 4.78 is 39.4. The number of quaternary nitrogens is 2. The fourth-order valence-electron chi connectivity index (χ4n) is 4.78. The van der Waals surface area contributed by atoms with Crippen LogP contribution in [0.1, 0.15) is 0 Å². The van der Waals surface area contributed by atoms with E-state index in [2.05, 4.69) is 9.97 Å². The van der Waals surface area contributed by atoms with Crippen molar-refractivity contribution in [3.8, 4) is 11.5 Å². The first kappa shape index (κ1) is 20.0. The zero-order valence-corrected chi connectivity index (χ0v) is 19.0. The largest absolute Gasteiger partial charge is 0.418 e. The van der Waals surface area contributed by atoms with Crippen molar-refractivity contribution in [2.75, 3.05) is 39.3 Å². The predicted octanol–water partition coefficient (Wildman–Crippen LogP) is 2.93. The maximum Gasteiger partial charge on any atom is 0.418 e. The highest BCUT2D eigenvalue weighted by Gasteiger charge is 2.58. The minimum absolute atomic E-state index is 0.380. The number of piperazine rings is 3. The van der Waals surface area contributed by atoms with Crippen molar-refractivity contribution in [2.45, 2.75) is 0 Å². The van der Waals surface area contributed by atoms with Gasteiger partial charge in [-0.25, -0.2) is 0 Å². The van der Waals surface area contributed by atoms with Gasteiger partial charge in [0.05, 0.1) is 0 Å². The number of hydrogen-bond acceptors (Lipinski definition) is 4. The van der Waals surface area contributed by atoms with Crippen LogP contribution in [-0.2, 0) is 22.5 Å². The molecule has 2 unspecified atom stereocenters. The van der Waals surface area contributed by atoms with Crippen LogP contribution >= 0.6 is 0 Å². The van der Waals surface area contributed by atoms with E-state index in [0.717, 1.165) is 21.8 Å². The quantitative estimate of drug-likeness (QED) is 0.423. The van der Waals surface area contributed by atoms with E-state index in [4.69, 9.17) is 8.37 Å². The van der Waals surface area contributed by atoms with Crippen molar-refractivity contribution >= 4 is 44.3 Å². The Kier molecular flexibility index (Phi) is 4.65. The normalized spacial score (nSPS) is 26.9. The maximum absolute atomic E-state index is 13.3. The molecule has 3 aliphatic rings. The van der Waals surface area contributed by atoms with Crippen LogP contribution in [0.25, 0.3) is 21.8 Å². The Bertz CT molecular complexity index is 1240. The second-order valence-corrected chi connectivity index (χ2v) is 11.2. The van der Waals surface area contributed by atoms with Gasteiger partial charge in [0.15, 0.2) is 11.5 Å². The number of hydrogen-bond donors (Lipinski definition) is 2. The summed E-state index contributed by atoms with van der Waals surface area (Å²) in [6.07, 6.45) is 3.70. The number of benzene rings is 2. The maximum atomic E-state index is 13.3. The lowest BCUT2D eigenvalue weighted by Crippen LogP contribution is -2.76. The highest BCUT2D eigenvalue weighted by atomic mass is 32.2. The van der Waals surface area contributed by atoms with E-state index in [9.17, 15) is 8.42 Å². The lowest BCUT2D eigenvalue weighted by molar-refractivity contribution is -0.972. The van der Waals surface area contributed by atoms with Crippen molar-refractivity contribution < 1.29 is 24.6 Å². The topological polar surface area (TPSA) is 84.2 Å². The molecule has 3 saturated heterocycles. The van der Waals surface area contributed by atoms with Crippen molar-refractivity contribution in [2.24, 2.45) is 0 Å². The molecular weight excluding hydrogens is 448 g/mol. The van der Waals surface area contributed by atoms with Gasteiger partial charge in [0.1, 0.15) is 39.3 Å². The average Bonchev–Trinajstić information content (AvgIpc) is 3.51. The van der Waals surface area contributed by atoms with Gasteiger partial charge in [0.25, 0.3) is 0 Å². The molecule has 2 aromatic carbocycles. The van der Waals surface area contributed by atoms with Crippen molar-refractivity contribution in [1.29, 1.82) is 0 Å². The van der Waals surface area contributed by atoms with Gasteiger partial charge < -0.3 is 18.3 Å². The van der Waals surface area contributed by atoms with Crippen LogP contribution in [0, 0.1) is 0 Å². The Labute approximate surface area is 190 Å². The molecule has 0 spiro atoms. The molecule has 4 aromatic rings. The Hall–Kier alpha value is -2.66. The lowest BCUT2D eigenvalue weighted by Gasteiger charge is -2.49. The van der Waals surface area contributed by atoms with Crippen LogP contribution in [0.15, 0.2) is 60.9 Å². The number of rotatable bonds is 6. The summed E-state index contributed by atoms with van der Waals surface area (Å²) in [6.45, 7) is 3.83. The third-order valence-corrected chi connectivity index (χ3v) is 9.81. The van der Waals surface area contributed by atoms with E-state index in [1.807, 2.05) is 60.9 Å². The van der Waals surface area contributed by atoms with E-state index in [1.54, 1.807) is 0 Å². The molecule has 3 aliphatic heterocycles. The van der Waals surface area contributed by atoms with Gasteiger partial charge in [-0.3, -0.25) is 0 Å². The van der Waals surface area contributed by atoms with Crippen LogP contribution in [-0.4, -0.2) is 65.4 Å². The molecule has 5 heterocycles. The number of H-pyrrole nitrogens is 2. The minimum Gasteiger partial charge on any atom is -0.361 e. The van der Waals surface area contributed by atoms with Crippen LogP contribution in [0.3, 0.4) is 0 Å². The summed E-state index contributed by atoms with van der Waals surface area (Å²) >= 11 is -3.06. The summed E-state index contributed by atoms with van der Waals surface area (Å²) in [7, 11) is 0. The zero-order chi connectivity index (χ0) is 21.8. The van der Waals surface area contributed by atoms with Crippen LogP contribution in [0.4, 0.5) is 0 Å². The molecule has 8 nitrogen and oxygen atoms in total. The predicted molar refractivity (Wildman–Crippen MR) is 124 cm³/mol. The first-order valence-electron chi connectivity index (χ1n) is 10.6. The van der Waals surface area contributed by atoms with E-state index in [1.165, 1.54) is 0 Å². The number of fused-ring (bicyclic) bond motifs is 5. The first-order valence-corrected chi connectivity index (χ1v) is 12.7. The van der Waals surface area contributed by atoms with E-state index in [-0.39, 0.29) is 0 Å². The molecule has 166 valence electrons. The highest BCUT2D eigenvalue weighted by molar-refractivity contribution is 7.75. The van der Waals surface area contributed by atoms with Gasteiger partial charge >= 0.3 is 22.5 Å². The SMILES string of the molecule is O=S(Oc1cccc2[nH]ccc12)[N+]12CC[N+](S(=O)Oc3cccc4[nH]ccc34)(CC1)CC2. The third-order valence-electron chi connectivity index (χ3n) is 6.81. The fourth-order valence-corrected chi connectivity index (χ4v) is 7.08. The Balaban J connectivity index is 1.18. The zero-order valence-electron chi connectivity index (χ0n) is 17.4. The molecule has 2 bridgehead atoms. The molecule has 0 saturated carbocycles. The van der Waals surface area contributed by atoms with E-state index < -0.39 is 22.5 Å². The van der Waals surface area contributed by atoms with Crippen LogP contribution in [0.5, 0.6) is 11.5 Å². The summed E-state index contributed by atoms with van der Waals surface area (Å²) in [6, 6.07) is 15.3. The van der Waals surface area contributed by atoms with Gasteiger partial charge in [-0.15, -0.1) is 0 Å². The summed E-state index contributed by atoms with van der Waals surface area (Å²) in [4.78, 5) is 6.31. The van der Waals surface area contributed by atoms with Crippen molar-refractivity contribution in [3.05, 3.63) is 60.9 Å². The molecule has 7 rings (SSSR count). The average molecular weight is 473 g/mol. The van der Waals surface area contributed by atoms with Gasteiger partial charge in [0, 0.05) is 34.2 Å². The number of aromatic nitrogens is 2. The first-order chi connectivity index (χ1) is 15.6. The second kappa shape index (κ2) is 7.45. The van der Waals surface area contributed by atoms with Crippen LogP contribution in [0.2, 0.25) is 0 Å². The smallest absolute Gasteiger partial charge is 0.361 e. The van der Waals surface area contributed by atoms with E-state index >= 15 is 0 Å². The highest BCUT2D eigenvalue weighted by Crippen LogP contribution is 2.35. The van der Waals surface area contributed by atoms with Gasteiger partial charge in [-0.1, -0.05) is 12.1 Å². The second-order valence-electron chi connectivity index (χ2n) is 8.45. The molecule has 0 amide bonds. The van der Waals surface area contributed by atoms with Crippen LogP contribution < -0.4 is 8.37 Å². The molecular formula is C22H24N4O4S2+2. The summed E-state index contributed by atoms with van der Waals surface area (Å²) in [5.41, 5.74) is 1.91. The van der Waals surface area contributed by atoms with Gasteiger partial charge in [-0.2, -0.15) is 16.2 Å². The molecule has 0 aliphatic carbocycles. The third kappa shape index (κ3) is 3.09. The fraction of sp³-hybridized carbons (Fsp3) is 0.273. The molecule has 2 N–H and O–H groups in total. The molecule has 32 heavy (non-hydrogen) atoms. The van der Waals surface area contributed by atoms with Crippen molar-refractivity contribution in [3.63, 3.8) is 0 Å². The molecule has 2 aromatic heterocycles. The molecule has 3 fully saturated rings. The lowest BCUT2D eigenvalue weighted by atomic mass is 10.2. The van der Waals surface area contributed by atoms with Crippen molar-refractivity contribution in [1.82, 2.24) is 9.97 Å². The standard InChI is InChI=1S/C22H24N4O4S2/c27-31(29-21-5-1-3-19-17(21)7-9-23-19)25-11-14-26(15-12-25,16-13-25)32(28)30-22-6-2-4-20-18(22)8-10-24-20/h1-10,23-24H,11-16H2/q+2. The van der Waals surface area contributed by atoms with E-state index in [0.29, 0.717) is 58.5 Å². The Morgan fingerprint density at radius 1 is 0.625 bits per heavy atom. The molecule has 0 radical (unpaired) electrons. The molecule has 10 heteroatoms. The monoisotopic (exact) mass is 472 g/mol. The molecule has 2 atom stereocenters. The summed E-state index contributed by atoms with van der Waals surface area (Å²) in [5, 5.41) is 1.85.